The Balaban J connectivity index is 2.16. The van der Waals surface area contributed by atoms with Gasteiger partial charge in [0.05, 0.1) is 6.61 Å². The number of benzene rings is 1. The van der Waals surface area contributed by atoms with Crippen molar-refractivity contribution in [3.63, 3.8) is 0 Å². The minimum atomic E-state index is -0.902. The Labute approximate surface area is 124 Å². The van der Waals surface area contributed by atoms with Crippen LogP contribution in [0.4, 0.5) is 0 Å². The van der Waals surface area contributed by atoms with Gasteiger partial charge in [-0.15, -0.1) is 0 Å². The monoisotopic (exact) mass is 296 g/mol. The third-order valence-electron chi connectivity index (χ3n) is 4.02. The van der Waals surface area contributed by atoms with Crippen LogP contribution in [0, 0.1) is 5.92 Å². The number of fused-ring (bicyclic) bond motifs is 1. The molecule has 0 radical (unpaired) electrons. The summed E-state index contributed by atoms with van der Waals surface area (Å²) in [4.78, 5) is 12.2. The van der Waals surface area contributed by atoms with Crippen LogP contribution in [0.1, 0.15) is 37.8 Å². The van der Waals surface area contributed by atoms with Crippen LogP contribution in [-0.2, 0) is 17.6 Å². The van der Waals surface area contributed by atoms with Gasteiger partial charge in [0.15, 0.2) is 5.78 Å². The normalized spacial score (nSPS) is 15.1. The minimum Gasteiger partial charge on any atom is -0.493 e. The first-order valence-corrected chi connectivity index (χ1v) is 7.59. The molecule has 1 N–H and O–H groups in total. The summed E-state index contributed by atoms with van der Waals surface area (Å²) in [6, 6.07) is 3.65. The highest BCUT2D eigenvalue weighted by atomic mass is 35.5. The zero-order valence-corrected chi connectivity index (χ0v) is 12.7. The number of hydrogen-bond acceptors (Lipinski definition) is 3. The van der Waals surface area contributed by atoms with E-state index >= 15 is 0 Å². The molecule has 0 fully saturated rings. The largest absolute Gasteiger partial charge is 0.493 e. The number of carbonyl (C=O) groups excluding carboxylic acids is 1. The van der Waals surface area contributed by atoms with Crippen LogP contribution in [0.3, 0.4) is 0 Å². The highest BCUT2D eigenvalue weighted by Gasteiger charge is 2.26. The van der Waals surface area contributed by atoms with Gasteiger partial charge in [0.25, 0.3) is 0 Å². The van der Waals surface area contributed by atoms with E-state index < -0.39 is 6.10 Å². The lowest BCUT2D eigenvalue weighted by Gasteiger charge is -2.19. The Morgan fingerprint density at radius 1 is 1.40 bits per heavy atom. The number of rotatable bonds is 6. The number of hydrogen-bond donors (Lipinski definition) is 1. The molecule has 0 bridgehead atoms. The molecule has 0 spiro atoms. The Kier molecular flexibility index (Phi) is 5.06. The Bertz CT molecular complexity index is 495. The zero-order valence-electron chi connectivity index (χ0n) is 12.0. The van der Waals surface area contributed by atoms with Crippen molar-refractivity contribution in [1.29, 1.82) is 0 Å². The minimum absolute atomic E-state index is 0.0238. The Hall–Kier alpha value is -1.06. The predicted octanol–water partition coefficient (Wildman–Crippen LogP) is 3.18. The number of aliphatic hydroxyl groups excluding tert-OH is 1. The maximum atomic E-state index is 12.2. The molecule has 2 rings (SSSR count). The van der Waals surface area contributed by atoms with Crippen LogP contribution < -0.4 is 4.74 Å². The SMILES string of the molecule is CCC(CC)C(O)C(=O)Cc1cc(Cl)cc2c1OCC2. The van der Waals surface area contributed by atoms with Gasteiger partial charge in [0.1, 0.15) is 11.9 Å². The summed E-state index contributed by atoms with van der Waals surface area (Å²) in [5.41, 5.74) is 1.84. The number of aliphatic hydroxyl groups is 1. The van der Waals surface area contributed by atoms with E-state index in [4.69, 9.17) is 16.3 Å². The van der Waals surface area contributed by atoms with Crippen molar-refractivity contribution in [2.24, 2.45) is 5.92 Å². The summed E-state index contributed by atoms with van der Waals surface area (Å²) in [6.45, 7) is 4.61. The van der Waals surface area contributed by atoms with Crippen molar-refractivity contribution >= 4 is 17.4 Å². The molecule has 0 amide bonds. The van der Waals surface area contributed by atoms with Gasteiger partial charge in [-0.3, -0.25) is 4.79 Å². The lowest BCUT2D eigenvalue weighted by molar-refractivity contribution is -0.129. The molecule has 1 aliphatic rings. The maximum Gasteiger partial charge on any atom is 0.166 e. The Morgan fingerprint density at radius 2 is 2.10 bits per heavy atom. The summed E-state index contributed by atoms with van der Waals surface area (Å²) in [6.07, 6.45) is 1.70. The molecule has 20 heavy (non-hydrogen) atoms. The number of halogens is 1. The standard InChI is InChI=1S/C16H21ClO3/c1-3-10(4-2)15(19)14(18)9-12-8-13(17)7-11-5-6-20-16(11)12/h7-8,10,15,19H,3-6,9H2,1-2H3. The van der Waals surface area contributed by atoms with E-state index in [0.29, 0.717) is 11.6 Å². The third-order valence-corrected chi connectivity index (χ3v) is 4.23. The quantitative estimate of drug-likeness (QED) is 0.877. The van der Waals surface area contributed by atoms with Crippen molar-refractivity contribution in [3.8, 4) is 5.75 Å². The molecule has 1 aromatic carbocycles. The number of ketones is 1. The molecule has 1 unspecified atom stereocenters. The van der Waals surface area contributed by atoms with Crippen LogP contribution in [-0.4, -0.2) is 23.6 Å². The van der Waals surface area contributed by atoms with E-state index in [-0.39, 0.29) is 18.1 Å². The number of carbonyl (C=O) groups is 1. The summed E-state index contributed by atoms with van der Waals surface area (Å²) >= 11 is 6.08. The fourth-order valence-corrected chi connectivity index (χ4v) is 3.03. The van der Waals surface area contributed by atoms with E-state index in [0.717, 1.165) is 36.1 Å². The first-order chi connectivity index (χ1) is 9.56. The van der Waals surface area contributed by atoms with E-state index in [1.807, 2.05) is 19.9 Å². The summed E-state index contributed by atoms with van der Waals surface area (Å²) < 4.78 is 5.59. The summed E-state index contributed by atoms with van der Waals surface area (Å²) in [5, 5.41) is 10.8. The van der Waals surface area contributed by atoms with Crippen molar-refractivity contribution in [3.05, 3.63) is 28.3 Å². The highest BCUT2D eigenvalue weighted by Crippen LogP contribution is 2.33. The van der Waals surface area contributed by atoms with Gasteiger partial charge in [0, 0.05) is 23.4 Å². The van der Waals surface area contributed by atoms with Gasteiger partial charge in [-0.25, -0.2) is 0 Å². The average molecular weight is 297 g/mol. The summed E-state index contributed by atoms with van der Waals surface area (Å²) in [5.74, 6) is 0.647. The molecule has 0 aromatic heterocycles. The van der Waals surface area contributed by atoms with Crippen LogP contribution in [0.25, 0.3) is 0 Å². The fourth-order valence-electron chi connectivity index (χ4n) is 2.77. The molecule has 1 aliphatic heterocycles. The van der Waals surface area contributed by atoms with Crippen LogP contribution in [0.2, 0.25) is 5.02 Å². The lowest BCUT2D eigenvalue weighted by atomic mass is 9.90. The van der Waals surface area contributed by atoms with Crippen LogP contribution >= 0.6 is 11.6 Å². The first kappa shape index (κ1) is 15.3. The van der Waals surface area contributed by atoms with Crippen molar-refractivity contribution in [2.45, 2.75) is 45.6 Å². The molecule has 3 nitrogen and oxygen atoms in total. The molecule has 0 aliphatic carbocycles. The lowest BCUT2D eigenvalue weighted by Crippen LogP contribution is -2.30. The van der Waals surface area contributed by atoms with Crippen LogP contribution in [0.15, 0.2) is 12.1 Å². The molecule has 4 heteroatoms. The van der Waals surface area contributed by atoms with Crippen molar-refractivity contribution in [1.82, 2.24) is 0 Å². The molecule has 1 atom stereocenters. The highest BCUT2D eigenvalue weighted by molar-refractivity contribution is 6.30. The molecular weight excluding hydrogens is 276 g/mol. The van der Waals surface area contributed by atoms with Gasteiger partial charge in [-0.1, -0.05) is 38.3 Å². The smallest absolute Gasteiger partial charge is 0.166 e. The number of Topliss-reactive ketones (excluding diaryl/α,β-unsaturated/α-hetero) is 1. The molecular formula is C16H21ClO3. The topological polar surface area (TPSA) is 46.5 Å². The average Bonchev–Trinajstić information content (AvgIpc) is 2.88. The molecule has 1 aromatic rings. The predicted molar refractivity (Wildman–Crippen MR) is 79.4 cm³/mol. The first-order valence-electron chi connectivity index (χ1n) is 7.21. The van der Waals surface area contributed by atoms with Crippen LogP contribution in [0.5, 0.6) is 5.75 Å². The van der Waals surface area contributed by atoms with Crippen molar-refractivity contribution < 1.29 is 14.6 Å². The number of ether oxygens (including phenoxy) is 1. The molecule has 110 valence electrons. The van der Waals surface area contributed by atoms with E-state index in [1.54, 1.807) is 6.07 Å². The van der Waals surface area contributed by atoms with Gasteiger partial charge in [-0.2, -0.15) is 0 Å². The Morgan fingerprint density at radius 3 is 2.75 bits per heavy atom. The van der Waals surface area contributed by atoms with Crippen molar-refractivity contribution in [2.75, 3.05) is 6.61 Å². The second-order valence-corrected chi connectivity index (χ2v) is 5.75. The molecule has 0 saturated carbocycles. The molecule has 0 saturated heterocycles. The van der Waals surface area contributed by atoms with E-state index in [2.05, 4.69) is 0 Å². The maximum absolute atomic E-state index is 12.2. The van der Waals surface area contributed by atoms with Gasteiger partial charge in [0.2, 0.25) is 0 Å². The van der Waals surface area contributed by atoms with Gasteiger partial charge < -0.3 is 9.84 Å². The summed E-state index contributed by atoms with van der Waals surface area (Å²) in [7, 11) is 0. The second kappa shape index (κ2) is 6.59. The third kappa shape index (κ3) is 3.15. The van der Waals surface area contributed by atoms with E-state index in [1.165, 1.54) is 0 Å². The van der Waals surface area contributed by atoms with Gasteiger partial charge >= 0.3 is 0 Å². The fraction of sp³-hybridized carbons (Fsp3) is 0.562. The zero-order chi connectivity index (χ0) is 14.7. The van der Waals surface area contributed by atoms with E-state index in [9.17, 15) is 9.90 Å². The molecule has 1 heterocycles. The second-order valence-electron chi connectivity index (χ2n) is 5.32. The van der Waals surface area contributed by atoms with Gasteiger partial charge in [-0.05, 0) is 23.6 Å².